The standard InChI is InChI=1S/C11H12O3/c1-8-9-4-2-3-5-10(9)14-11(8)13-7-6-12/h2-5,11-12H,1,6-7H2. The van der Waals surface area contributed by atoms with Gasteiger partial charge < -0.3 is 14.6 Å². The zero-order valence-corrected chi connectivity index (χ0v) is 7.77. The summed E-state index contributed by atoms with van der Waals surface area (Å²) in [6.07, 6.45) is -0.445. The molecule has 1 aromatic rings. The molecule has 0 aliphatic carbocycles. The molecule has 0 amide bonds. The van der Waals surface area contributed by atoms with Gasteiger partial charge >= 0.3 is 0 Å². The van der Waals surface area contributed by atoms with Crippen LogP contribution in [0.3, 0.4) is 0 Å². The molecular weight excluding hydrogens is 180 g/mol. The van der Waals surface area contributed by atoms with E-state index in [0.717, 1.165) is 16.9 Å². The minimum Gasteiger partial charge on any atom is -0.460 e. The van der Waals surface area contributed by atoms with E-state index < -0.39 is 6.29 Å². The van der Waals surface area contributed by atoms with Crippen molar-refractivity contribution in [1.29, 1.82) is 0 Å². The van der Waals surface area contributed by atoms with Crippen LogP contribution in [0.25, 0.3) is 5.57 Å². The average Bonchev–Trinajstić information content (AvgIpc) is 2.54. The molecule has 1 N–H and O–H groups in total. The summed E-state index contributed by atoms with van der Waals surface area (Å²) in [4.78, 5) is 0. The summed E-state index contributed by atoms with van der Waals surface area (Å²) in [5.41, 5.74) is 1.80. The lowest BCUT2D eigenvalue weighted by atomic mass is 10.1. The Morgan fingerprint density at radius 3 is 2.93 bits per heavy atom. The van der Waals surface area contributed by atoms with E-state index in [4.69, 9.17) is 14.6 Å². The number of aliphatic hydroxyl groups is 1. The van der Waals surface area contributed by atoms with Gasteiger partial charge in [0.15, 0.2) is 0 Å². The maximum atomic E-state index is 8.62. The lowest BCUT2D eigenvalue weighted by Gasteiger charge is -2.11. The first-order valence-electron chi connectivity index (χ1n) is 4.50. The van der Waals surface area contributed by atoms with E-state index in [1.807, 2.05) is 24.3 Å². The molecule has 3 heteroatoms. The van der Waals surface area contributed by atoms with Crippen LogP contribution in [0.15, 0.2) is 30.8 Å². The van der Waals surface area contributed by atoms with Crippen molar-refractivity contribution in [3.8, 4) is 5.75 Å². The number of para-hydroxylation sites is 1. The molecule has 1 aromatic carbocycles. The van der Waals surface area contributed by atoms with E-state index in [0.29, 0.717) is 0 Å². The predicted octanol–water partition coefficient (Wildman–Crippen LogP) is 1.43. The molecule has 1 atom stereocenters. The van der Waals surface area contributed by atoms with Crippen molar-refractivity contribution in [2.45, 2.75) is 6.29 Å². The van der Waals surface area contributed by atoms with Gasteiger partial charge in [-0.15, -0.1) is 0 Å². The van der Waals surface area contributed by atoms with Gasteiger partial charge in [-0.2, -0.15) is 0 Å². The number of rotatable bonds is 3. The molecule has 0 saturated heterocycles. The normalized spacial score (nSPS) is 19.2. The number of fused-ring (bicyclic) bond motifs is 1. The van der Waals surface area contributed by atoms with Gasteiger partial charge in [0.05, 0.1) is 13.2 Å². The molecule has 0 aromatic heterocycles. The van der Waals surface area contributed by atoms with Gasteiger partial charge in [-0.1, -0.05) is 24.8 Å². The summed E-state index contributed by atoms with van der Waals surface area (Å²) in [5, 5.41) is 8.62. The first-order chi connectivity index (χ1) is 6.83. The van der Waals surface area contributed by atoms with Gasteiger partial charge in [0, 0.05) is 11.1 Å². The van der Waals surface area contributed by atoms with Crippen molar-refractivity contribution in [3.63, 3.8) is 0 Å². The highest BCUT2D eigenvalue weighted by molar-refractivity contribution is 5.74. The number of aliphatic hydroxyl groups excluding tert-OH is 1. The van der Waals surface area contributed by atoms with E-state index in [2.05, 4.69) is 6.58 Å². The van der Waals surface area contributed by atoms with Crippen LogP contribution < -0.4 is 4.74 Å². The maximum Gasteiger partial charge on any atom is 0.226 e. The fourth-order valence-corrected chi connectivity index (χ4v) is 1.44. The van der Waals surface area contributed by atoms with Gasteiger partial charge in [0.25, 0.3) is 0 Å². The fraction of sp³-hybridized carbons (Fsp3) is 0.273. The van der Waals surface area contributed by atoms with Crippen molar-refractivity contribution in [2.75, 3.05) is 13.2 Å². The van der Waals surface area contributed by atoms with Crippen LogP contribution >= 0.6 is 0 Å². The summed E-state index contributed by atoms with van der Waals surface area (Å²) in [6, 6.07) is 7.66. The highest BCUT2D eigenvalue weighted by atomic mass is 16.7. The predicted molar refractivity (Wildman–Crippen MR) is 52.9 cm³/mol. The van der Waals surface area contributed by atoms with Crippen LogP contribution in [-0.4, -0.2) is 24.6 Å². The second kappa shape index (κ2) is 3.82. The van der Waals surface area contributed by atoms with Crippen molar-refractivity contribution in [1.82, 2.24) is 0 Å². The van der Waals surface area contributed by atoms with Crippen molar-refractivity contribution in [2.24, 2.45) is 0 Å². The van der Waals surface area contributed by atoms with Crippen LogP contribution in [0.5, 0.6) is 5.75 Å². The minimum absolute atomic E-state index is 0.0104. The number of benzene rings is 1. The molecule has 1 heterocycles. The number of hydrogen-bond acceptors (Lipinski definition) is 3. The lowest BCUT2D eigenvalue weighted by molar-refractivity contribution is -0.0427. The molecular formula is C11H12O3. The van der Waals surface area contributed by atoms with Crippen molar-refractivity contribution in [3.05, 3.63) is 36.4 Å². The van der Waals surface area contributed by atoms with E-state index in [-0.39, 0.29) is 13.2 Å². The molecule has 1 aliphatic heterocycles. The summed E-state index contributed by atoms with van der Waals surface area (Å²) in [5.74, 6) is 0.792. The molecule has 74 valence electrons. The van der Waals surface area contributed by atoms with E-state index in [1.165, 1.54) is 0 Å². The average molecular weight is 192 g/mol. The first-order valence-corrected chi connectivity index (χ1v) is 4.50. The Kier molecular flexibility index (Phi) is 2.52. The van der Waals surface area contributed by atoms with Gasteiger partial charge in [0.1, 0.15) is 5.75 Å². The molecule has 1 aliphatic rings. The fourth-order valence-electron chi connectivity index (χ4n) is 1.44. The molecule has 0 radical (unpaired) electrons. The van der Waals surface area contributed by atoms with E-state index in [9.17, 15) is 0 Å². The minimum atomic E-state index is -0.445. The molecule has 0 spiro atoms. The largest absolute Gasteiger partial charge is 0.460 e. The second-order valence-corrected chi connectivity index (χ2v) is 3.07. The Morgan fingerprint density at radius 2 is 2.21 bits per heavy atom. The highest BCUT2D eigenvalue weighted by Gasteiger charge is 2.26. The SMILES string of the molecule is C=C1c2ccccc2OC1OCCO. The van der Waals surface area contributed by atoms with Crippen LogP contribution in [0.1, 0.15) is 5.56 Å². The molecule has 14 heavy (non-hydrogen) atoms. The van der Waals surface area contributed by atoms with Gasteiger partial charge in [-0.3, -0.25) is 0 Å². The maximum absolute atomic E-state index is 8.62. The summed E-state index contributed by atoms with van der Waals surface area (Å²) in [6.45, 7) is 4.15. The van der Waals surface area contributed by atoms with Crippen LogP contribution in [-0.2, 0) is 4.74 Å². The third-order valence-electron chi connectivity index (χ3n) is 2.11. The third kappa shape index (κ3) is 1.52. The molecule has 0 bridgehead atoms. The molecule has 1 unspecified atom stereocenters. The van der Waals surface area contributed by atoms with E-state index in [1.54, 1.807) is 0 Å². The van der Waals surface area contributed by atoms with Crippen LogP contribution in [0, 0.1) is 0 Å². The molecule has 2 rings (SSSR count). The quantitative estimate of drug-likeness (QED) is 0.787. The Labute approximate surface area is 82.6 Å². The Balaban J connectivity index is 2.13. The topological polar surface area (TPSA) is 38.7 Å². The monoisotopic (exact) mass is 192 g/mol. The Bertz CT molecular complexity index is 346. The molecule has 3 nitrogen and oxygen atoms in total. The van der Waals surface area contributed by atoms with E-state index >= 15 is 0 Å². The van der Waals surface area contributed by atoms with Gasteiger partial charge in [-0.25, -0.2) is 0 Å². The summed E-state index contributed by atoms with van der Waals surface area (Å²) >= 11 is 0. The van der Waals surface area contributed by atoms with Crippen molar-refractivity contribution >= 4 is 5.57 Å². The van der Waals surface area contributed by atoms with Gasteiger partial charge in [0.2, 0.25) is 6.29 Å². The lowest BCUT2D eigenvalue weighted by Crippen LogP contribution is -2.18. The Hall–Kier alpha value is -1.32. The highest BCUT2D eigenvalue weighted by Crippen LogP contribution is 2.36. The van der Waals surface area contributed by atoms with Crippen molar-refractivity contribution < 1.29 is 14.6 Å². The van der Waals surface area contributed by atoms with Crippen LogP contribution in [0.2, 0.25) is 0 Å². The zero-order chi connectivity index (χ0) is 9.97. The third-order valence-corrected chi connectivity index (χ3v) is 2.11. The molecule has 0 saturated carbocycles. The van der Waals surface area contributed by atoms with Gasteiger partial charge in [-0.05, 0) is 6.07 Å². The first kappa shape index (κ1) is 9.24. The second-order valence-electron chi connectivity index (χ2n) is 3.07. The summed E-state index contributed by atoms with van der Waals surface area (Å²) < 4.78 is 10.8. The summed E-state index contributed by atoms with van der Waals surface area (Å²) in [7, 11) is 0. The number of hydrogen-bond donors (Lipinski definition) is 1. The Morgan fingerprint density at radius 1 is 1.43 bits per heavy atom. The zero-order valence-electron chi connectivity index (χ0n) is 7.77. The smallest absolute Gasteiger partial charge is 0.226 e. The number of ether oxygens (including phenoxy) is 2. The molecule has 0 fully saturated rings. The van der Waals surface area contributed by atoms with Crippen LogP contribution in [0.4, 0.5) is 0 Å².